The molecular formula is C21H26N4O5. The summed E-state index contributed by atoms with van der Waals surface area (Å²) in [6.45, 7) is 4.45. The Labute approximate surface area is 174 Å². The minimum absolute atomic E-state index is 0.179. The van der Waals surface area contributed by atoms with Crippen molar-refractivity contribution in [3.63, 3.8) is 0 Å². The standard InChI is InChI=1S/C21H26N4O5/c1-4-30-21(28)24-9-8-18-16(12-24)11-20(27)25(23-18)13-19(26)22-14(2)15-6-5-7-17(10-15)29-3/h5-7,10-11,14H,4,8-9,12-13H2,1-3H3,(H,22,26)/t14-/m1/s1. The molecule has 9 nitrogen and oxygen atoms in total. The fourth-order valence-corrected chi connectivity index (χ4v) is 3.34. The molecule has 0 fully saturated rings. The summed E-state index contributed by atoms with van der Waals surface area (Å²) in [7, 11) is 1.59. The first-order valence-corrected chi connectivity index (χ1v) is 9.86. The third-order valence-electron chi connectivity index (χ3n) is 4.93. The van der Waals surface area contributed by atoms with Crippen LogP contribution in [0, 0.1) is 0 Å². The second kappa shape index (κ2) is 9.43. The second-order valence-corrected chi connectivity index (χ2v) is 7.05. The van der Waals surface area contributed by atoms with E-state index in [9.17, 15) is 14.4 Å². The highest BCUT2D eigenvalue weighted by molar-refractivity contribution is 5.76. The minimum atomic E-state index is -0.404. The molecule has 1 aromatic carbocycles. The van der Waals surface area contributed by atoms with Gasteiger partial charge in [0.2, 0.25) is 5.91 Å². The van der Waals surface area contributed by atoms with Crippen LogP contribution in [-0.4, -0.2) is 46.9 Å². The first-order valence-electron chi connectivity index (χ1n) is 9.86. The number of benzene rings is 1. The first kappa shape index (κ1) is 21.4. The zero-order valence-corrected chi connectivity index (χ0v) is 17.4. The van der Waals surface area contributed by atoms with Gasteiger partial charge in [0, 0.05) is 24.6 Å². The third kappa shape index (κ3) is 4.97. The number of amides is 2. The third-order valence-corrected chi connectivity index (χ3v) is 4.93. The number of methoxy groups -OCH3 is 1. The highest BCUT2D eigenvalue weighted by Gasteiger charge is 2.24. The Bertz CT molecular complexity index is 988. The van der Waals surface area contributed by atoms with Crippen LogP contribution in [0.15, 0.2) is 35.1 Å². The molecule has 0 spiro atoms. The number of carbonyl (C=O) groups excluding carboxylic acids is 2. The predicted octanol–water partition coefficient (Wildman–Crippen LogP) is 1.64. The number of fused-ring (bicyclic) bond motifs is 1. The summed E-state index contributed by atoms with van der Waals surface area (Å²) in [6.07, 6.45) is 0.0919. The largest absolute Gasteiger partial charge is 0.497 e. The number of hydrogen-bond donors (Lipinski definition) is 1. The summed E-state index contributed by atoms with van der Waals surface area (Å²) in [5.74, 6) is 0.391. The summed E-state index contributed by atoms with van der Waals surface area (Å²) in [6, 6.07) is 8.62. The molecule has 2 heterocycles. The predicted molar refractivity (Wildman–Crippen MR) is 109 cm³/mol. The molecule has 1 aromatic heterocycles. The SMILES string of the molecule is CCOC(=O)N1CCc2nn(CC(=O)N[C@H](C)c3cccc(OC)c3)c(=O)cc2C1. The van der Waals surface area contributed by atoms with E-state index < -0.39 is 6.09 Å². The molecule has 3 rings (SSSR count). The van der Waals surface area contributed by atoms with Crippen LogP contribution in [-0.2, 0) is 29.0 Å². The molecule has 0 saturated carbocycles. The van der Waals surface area contributed by atoms with Gasteiger partial charge < -0.3 is 19.7 Å². The lowest BCUT2D eigenvalue weighted by atomic mass is 10.1. The molecule has 1 aliphatic rings. The lowest BCUT2D eigenvalue weighted by Crippen LogP contribution is -2.40. The van der Waals surface area contributed by atoms with Crippen molar-refractivity contribution >= 4 is 12.0 Å². The molecule has 30 heavy (non-hydrogen) atoms. The molecule has 0 aliphatic carbocycles. The normalized spacial score (nSPS) is 13.9. The molecule has 0 bridgehead atoms. The van der Waals surface area contributed by atoms with E-state index in [1.807, 2.05) is 31.2 Å². The number of rotatable bonds is 6. The summed E-state index contributed by atoms with van der Waals surface area (Å²) < 4.78 is 11.4. The van der Waals surface area contributed by atoms with Crippen LogP contribution in [0.3, 0.4) is 0 Å². The molecule has 1 N–H and O–H groups in total. The molecule has 160 valence electrons. The zero-order valence-electron chi connectivity index (χ0n) is 17.4. The monoisotopic (exact) mass is 414 g/mol. The Morgan fingerprint density at radius 3 is 2.83 bits per heavy atom. The highest BCUT2D eigenvalue weighted by atomic mass is 16.6. The number of nitrogens with zero attached hydrogens (tertiary/aromatic N) is 3. The van der Waals surface area contributed by atoms with Crippen LogP contribution in [0.25, 0.3) is 0 Å². The lowest BCUT2D eigenvalue weighted by molar-refractivity contribution is -0.122. The Balaban J connectivity index is 1.66. The van der Waals surface area contributed by atoms with Gasteiger partial charge in [0.25, 0.3) is 5.56 Å². The fraction of sp³-hybridized carbons (Fsp3) is 0.429. The fourth-order valence-electron chi connectivity index (χ4n) is 3.34. The highest BCUT2D eigenvalue weighted by Crippen LogP contribution is 2.19. The zero-order chi connectivity index (χ0) is 21.7. The molecule has 2 aromatic rings. The van der Waals surface area contributed by atoms with E-state index in [0.29, 0.717) is 36.6 Å². The van der Waals surface area contributed by atoms with Crippen LogP contribution in [0.2, 0.25) is 0 Å². The van der Waals surface area contributed by atoms with Crippen LogP contribution in [0.4, 0.5) is 4.79 Å². The molecular weight excluding hydrogens is 388 g/mol. The maximum absolute atomic E-state index is 12.5. The molecule has 1 aliphatic heterocycles. The minimum Gasteiger partial charge on any atom is -0.497 e. The summed E-state index contributed by atoms with van der Waals surface area (Å²) in [5, 5.41) is 7.22. The Morgan fingerprint density at radius 1 is 1.30 bits per heavy atom. The molecule has 0 saturated heterocycles. The van der Waals surface area contributed by atoms with Crippen molar-refractivity contribution in [1.82, 2.24) is 20.0 Å². The van der Waals surface area contributed by atoms with E-state index in [4.69, 9.17) is 9.47 Å². The average Bonchev–Trinajstić information content (AvgIpc) is 2.74. The maximum Gasteiger partial charge on any atom is 0.410 e. The number of carbonyl (C=O) groups is 2. The summed E-state index contributed by atoms with van der Waals surface area (Å²) >= 11 is 0. The number of aromatic nitrogens is 2. The van der Waals surface area contributed by atoms with Crippen LogP contribution >= 0.6 is 0 Å². The summed E-state index contributed by atoms with van der Waals surface area (Å²) in [4.78, 5) is 38.4. The summed E-state index contributed by atoms with van der Waals surface area (Å²) in [5.41, 5.74) is 1.90. The van der Waals surface area contributed by atoms with Crippen molar-refractivity contribution in [3.8, 4) is 5.75 Å². The van der Waals surface area contributed by atoms with E-state index in [-0.39, 0.29) is 30.6 Å². The quantitative estimate of drug-likeness (QED) is 0.771. The van der Waals surface area contributed by atoms with Gasteiger partial charge in [0.15, 0.2) is 0 Å². The number of nitrogens with one attached hydrogen (secondary N) is 1. The van der Waals surface area contributed by atoms with Crippen LogP contribution in [0.5, 0.6) is 5.75 Å². The van der Waals surface area contributed by atoms with E-state index in [1.165, 1.54) is 6.07 Å². The van der Waals surface area contributed by atoms with Crippen molar-refractivity contribution in [3.05, 3.63) is 57.5 Å². The van der Waals surface area contributed by atoms with Gasteiger partial charge in [0.1, 0.15) is 12.3 Å². The first-order chi connectivity index (χ1) is 14.4. The van der Waals surface area contributed by atoms with Gasteiger partial charge in [-0.05, 0) is 31.5 Å². The van der Waals surface area contributed by atoms with Gasteiger partial charge in [-0.25, -0.2) is 9.48 Å². The maximum atomic E-state index is 12.5. The number of ether oxygens (including phenoxy) is 2. The average molecular weight is 414 g/mol. The van der Waals surface area contributed by atoms with Crippen LogP contribution in [0.1, 0.15) is 36.7 Å². The molecule has 9 heteroatoms. The van der Waals surface area contributed by atoms with Gasteiger partial charge in [-0.1, -0.05) is 12.1 Å². The van der Waals surface area contributed by atoms with Crippen molar-refractivity contribution in [2.45, 2.75) is 39.4 Å². The van der Waals surface area contributed by atoms with Gasteiger partial charge in [0.05, 0.1) is 32.0 Å². The van der Waals surface area contributed by atoms with Gasteiger partial charge in [-0.3, -0.25) is 9.59 Å². The van der Waals surface area contributed by atoms with E-state index in [2.05, 4.69) is 10.4 Å². The molecule has 0 radical (unpaired) electrons. The van der Waals surface area contributed by atoms with Crippen molar-refractivity contribution in [2.75, 3.05) is 20.3 Å². The Hall–Kier alpha value is -3.36. The van der Waals surface area contributed by atoms with Gasteiger partial charge >= 0.3 is 6.09 Å². The Morgan fingerprint density at radius 2 is 2.10 bits per heavy atom. The van der Waals surface area contributed by atoms with E-state index >= 15 is 0 Å². The van der Waals surface area contributed by atoms with Gasteiger partial charge in [-0.2, -0.15) is 5.10 Å². The smallest absolute Gasteiger partial charge is 0.410 e. The second-order valence-electron chi connectivity index (χ2n) is 7.05. The van der Waals surface area contributed by atoms with Crippen molar-refractivity contribution in [1.29, 1.82) is 0 Å². The lowest BCUT2D eigenvalue weighted by Gasteiger charge is -2.27. The Kier molecular flexibility index (Phi) is 6.71. The topological polar surface area (TPSA) is 103 Å². The van der Waals surface area contributed by atoms with Gasteiger partial charge in [-0.15, -0.1) is 0 Å². The van der Waals surface area contributed by atoms with Crippen LogP contribution < -0.4 is 15.6 Å². The number of hydrogen-bond acceptors (Lipinski definition) is 6. The van der Waals surface area contributed by atoms with Crippen molar-refractivity contribution < 1.29 is 19.1 Å². The van der Waals surface area contributed by atoms with Crippen molar-refractivity contribution in [2.24, 2.45) is 0 Å². The van der Waals surface area contributed by atoms with E-state index in [0.717, 1.165) is 10.2 Å². The van der Waals surface area contributed by atoms with E-state index in [1.54, 1.807) is 18.9 Å². The molecule has 0 unspecified atom stereocenters. The molecule has 2 amide bonds. The molecule has 1 atom stereocenters.